The quantitative estimate of drug-likeness (QED) is 0.147. The van der Waals surface area contributed by atoms with Crippen LogP contribution in [0.1, 0.15) is 22.6 Å². The van der Waals surface area contributed by atoms with E-state index in [4.69, 9.17) is 19.3 Å². The molecule has 0 spiro atoms. The molecule has 1 heterocycles. The van der Waals surface area contributed by atoms with Gasteiger partial charge in [-0.25, -0.2) is 5.01 Å². The molecule has 1 aliphatic heterocycles. The predicted molar refractivity (Wildman–Crippen MR) is 165 cm³/mol. The largest absolute Gasteiger partial charge is 0.493 e. The summed E-state index contributed by atoms with van der Waals surface area (Å²) in [6.07, 6.45) is 1.93. The zero-order chi connectivity index (χ0) is 28.0. The number of fused-ring (bicyclic) bond motifs is 1. The van der Waals surface area contributed by atoms with E-state index in [1.165, 1.54) is 0 Å². The van der Waals surface area contributed by atoms with Crippen molar-refractivity contribution in [3.8, 4) is 17.2 Å². The van der Waals surface area contributed by atoms with Gasteiger partial charge in [0.05, 0.1) is 31.8 Å². The number of nitrogens with zero attached hydrogens (tertiary/aromatic N) is 2. The summed E-state index contributed by atoms with van der Waals surface area (Å²) in [6.45, 7) is 0. The minimum absolute atomic E-state index is 0.110. The average Bonchev–Trinajstić information content (AvgIpc) is 3.05. The molecule has 1 aliphatic rings. The molecule has 0 fully saturated rings. The number of hydrogen-bond acceptors (Lipinski definition) is 5. The predicted octanol–water partition coefficient (Wildman–Crippen LogP) is 8.46. The second-order valence-electron chi connectivity index (χ2n) is 9.57. The number of anilines is 2. The monoisotopic (exact) mass is 538 g/mol. The summed E-state index contributed by atoms with van der Waals surface area (Å²) in [4.78, 5) is 0. The van der Waals surface area contributed by atoms with E-state index >= 15 is 0 Å². The third-order valence-electron chi connectivity index (χ3n) is 7.11. The maximum Gasteiger partial charge on any atom is 0.161 e. The van der Waals surface area contributed by atoms with Crippen LogP contribution in [0.4, 0.5) is 11.4 Å². The van der Waals surface area contributed by atoms with E-state index in [1.807, 2.05) is 84.0 Å². The smallest absolute Gasteiger partial charge is 0.161 e. The average molecular weight is 539 g/mol. The SMILES string of the molecule is COc1ccc(C2=C(/C=N\N(c3ccccc3)c3ccccc3)[C@@H](c3ccccc3)c3ccccc3O2)cc1OC. The lowest BCUT2D eigenvalue weighted by Crippen LogP contribution is -2.19. The molecule has 0 saturated carbocycles. The fraction of sp³-hybridized carbons (Fsp3) is 0.0833. The Bertz CT molecular complexity index is 1640. The maximum atomic E-state index is 6.67. The number of benzene rings is 5. The molecule has 0 bridgehead atoms. The molecule has 0 amide bonds. The molecule has 0 radical (unpaired) electrons. The first-order valence-corrected chi connectivity index (χ1v) is 13.5. The first-order chi connectivity index (χ1) is 20.3. The normalized spacial score (nSPS) is 14.3. The summed E-state index contributed by atoms with van der Waals surface area (Å²) in [6, 6.07) is 44.8. The first kappa shape index (κ1) is 26.0. The topological polar surface area (TPSA) is 43.3 Å². The second-order valence-corrected chi connectivity index (χ2v) is 9.57. The Kier molecular flexibility index (Phi) is 7.50. The number of methoxy groups -OCH3 is 2. The summed E-state index contributed by atoms with van der Waals surface area (Å²) >= 11 is 0. The van der Waals surface area contributed by atoms with Gasteiger partial charge in [0.1, 0.15) is 11.5 Å². The molecular weight excluding hydrogens is 508 g/mol. The molecule has 5 aromatic rings. The van der Waals surface area contributed by atoms with E-state index in [9.17, 15) is 0 Å². The van der Waals surface area contributed by atoms with Gasteiger partial charge in [-0.05, 0) is 54.1 Å². The van der Waals surface area contributed by atoms with Crippen LogP contribution < -0.4 is 19.2 Å². The van der Waals surface area contributed by atoms with Crippen molar-refractivity contribution in [2.45, 2.75) is 5.92 Å². The number of ether oxygens (including phenoxy) is 3. The van der Waals surface area contributed by atoms with Gasteiger partial charge in [-0.2, -0.15) is 5.10 Å². The molecule has 41 heavy (non-hydrogen) atoms. The molecule has 5 heteroatoms. The Morgan fingerprint density at radius 1 is 0.659 bits per heavy atom. The van der Waals surface area contributed by atoms with Crippen LogP contribution in [0, 0.1) is 0 Å². The molecule has 5 nitrogen and oxygen atoms in total. The van der Waals surface area contributed by atoms with Gasteiger partial charge in [0, 0.05) is 22.6 Å². The van der Waals surface area contributed by atoms with E-state index in [-0.39, 0.29) is 5.92 Å². The highest BCUT2D eigenvalue weighted by atomic mass is 16.5. The van der Waals surface area contributed by atoms with E-state index < -0.39 is 0 Å². The van der Waals surface area contributed by atoms with Crippen LogP contribution in [0.3, 0.4) is 0 Å². The van der Waals surface area contributed by atoms with E-state index in [2.05, 4.69) is 60.7 Å². The molecule has 202 valence electrons. The lowest BCUT2D eigenvalue weighted by molar-refractivity contribution is 0.354. The van der Waals surface area contributed by atoms with Crippen LogP contribution >= 0.6 is 0 Å². The van der Waals surface area contributed by atoms with Crippen molar-refractivity contribution in [1.82, 2.24) is 0 Å². The van der Waals surface area contributed by atoms with E-state index in [0.717, 1.165) is 39.4 Å². The van der Waals surface area contributed by atoms with Gasteiger partial charge in [-0.15, -0.1) is 0 Å². The molecule has 0 N–H and O–H groups in total. The minimum Gasteiger partial charge on any atom is -0.493 e. The standard InChI is InChI=1S/C36H30N2O3/c1-39-33-23-22-27(24-34(33)40-2)36-31(25-37-38(28-16-8-4-9-17-28)29-18-10-5-11-19-29)35(26-14-6-3-7-15-26)30-20-12-13-21-32(30)41-36/h3-25,35H,1-2H3/b37-25-/t35-/m0/s1. The Labute approximate surface area is 240 Å². The van der Waals surface area contributed by atoms with Crippen molar-refractivity contribution < 1.29 is 14.2 Å². The molecule has 1 atom stereocenters. The number of hydrazone groups is 1. The van der Waals surface area contributed by atoms with Gasteiger partial charge < -0.3 is 14.2 Å². The van der Waals surface area contributed by atoms with Gasteiger partial charge in [0.25, 0.3) is 0 Å². The zero-order valence-electron chi connectivity index (χ0n) is 23.0. The Morgan fingerprint density at radius 3 is 1.88 bits per heavy atom. The molecule has 0 aliphatic carbocycles. The van der Waals surface area contributed by atoms with Crippen molar-refractivity contribution in [2.75, 3.05) is 19.2 Å². The van der Waals surface area contributed by atoms with Crippen LogP contribution in [0.15, 0.2) is 144 Å². The molecule has 0 saturated heterocycles. The van der Waals surface area contributed by atoms with E-state index in [0.29, 0.717) is 17.3 Å². The summed E-state index contributed by atoms with van der Waals surface area (Å²) in [5.74, 6) is 2.70. The summed E-state index contributed by atoms with van der Waals surface area (Å²) in [5, 5.41) is 7.05. The summed E-state index contributed by atoms with van der Waals surface area (Å²) in [5.41, 5.74) is 5.93. The minimum atomic E-state index is -0.110. The zero-order valence-corrected chi connectivity index (χ0v) is 23.0. The van der Waals surface area contributed by atoms with Crippen molar-refractivity contribution in [3.05, 3.63) is 156 Å². The van der Waals surface area contributed by atoms with Gasteiger partial charge >= 0.3 is 0 Å². The fourth-order valence-electron chi connectivity index (χ4n) is 5.16. The van der Waals surface area contributed by atoms with Crippen molar-refractivity contribution in [1.29, 1.82) is 0 Å². The molecule has 5 aromatic carbocycles. The lowest BCUT2D eigenvalue weighted by atomic mass is 9.81. The third-order valence-corrected chi connectivity index (χ3v) is 7.11. The van der Waals surface area contributed by atoms with Crippen LogP contribution in [0.25, 0.3) is 5.76 Å². The Morgan fingerprint density at radius 2 is 1.24 bits per heavy atom. The van der Waals surface area contributed by atoms with Crippen LogP contribution in [-0.4, -0.2) is 20.4 Å². The molecule has 6 rings (SSSR count). The molecule has 0 unspecified atom stereocenters. The van der Waals surface area contributed by atoms with Crippen LogP contribution in [0.5, 0.6) is 17.2 Å². The first-order valence-electron chi connectivity index (χ1n) is 13.5. The van der Waals surface area contributed by atoms with Gasteiger partial charge in [-0.1, -0.05) is 84.9 Å². The summed E-state index contributed by atoms with van der Waals surface area (Å²) in [7, 11) is 3.27. The second kappa shape index (κ2) is 11.8. The Balaban J connectivity index is 1.58. The summed E-state index contributed by atoms with van der Waals surface area (Å²) < 4.78 is 17.8. The highest BCUT2D eigenvalue weighted by Crippen LogP contribution is 2.46. The number of hydrogen-bond donors (Lipinski definition) is 0. The lowest BCUT2D eigenvalue weighted by Gasteiger charge is -2.30. The van der Waals surface area contributed by atoms with Gasteiger partial charge in [0.15, 0.2) is 11.5 Å². The highest BCUT2D eigenvalue weighted by molar-refractivity contribution is 5.95. The molecule has 0 aromatic heterocycles. The van der Waals surface area contributed by atoms with Gasteiger partial charge in [-0.3, -0.25) is 0 Å². The van der Waals surface area contributed by atoms with Gasteiger partial charge in [0.2, 0.25) is 0 Å². The van der Waals surface area contributed by atoms with Crippen molar-refractivity contribution in [2.24, 2.45) is 5.10 Å². The number of allylic oxidation sites excluding steroid dienone is 1. The Hall–Kier alpha value is -5.29. The van der Waals surface area contributed by atoms with Crippen LogP contribution in [0.2, 0.25) is 0 Å². The highest BCUT2D eigenvalue weighted by Gasteiger charge is 2.31. The molecular formula is C36H30N2O3. The fourth-order valence-corrected chi connectivity index (χ4v) is 5.16. The van der Waals surface area contributed by atoms with E-state index in [1.54, 1.807) is 14.2 Å². The number of rotatable bonds is 8. The van der Waals surface area contributed by atoms with Crippen molar-refractivity contribution >= 4 is 23.3 Å². The number of para-hydroxylation sites is 3. The van der Waals surface area contributed by atoms with Crippen LogP contribution in [-0.2, 0) is 0 Å². The third kappa shape index (κ3) is 5.30. The maximum absolute atomic E-state index is 6.67. The van der Waals surface area contributed by atoms with Crippen molar-refractivity contribution in [3.63, 3.8) is 0 Å².